The summed E-state index contributed by atoms with van der Waals surface area (Å²) in [5.74, 6) is 3.48. The van der Waals surface area contributed by atoms with E-state index in [1.54, 1.807) is 12.1 Å². The van der Waals surface area contributed by atoms with Gasteiger partial charge in [-0.05, 0) is 147 Å². The Bertz CT molecular complexity index is 1550. The van der Waals surface area contributed by atoms with E-state index in [-0.39, 0.29) is 23.4 Å². The summed E-state index contributed by atoms with van der Waals surface area (Å²) in [4.78, 5) is 24.6. The molecule has 282 valence electrons. The molecule has 3 saturated carbocycles. The number of rotatable bonds is 8. The smallest absolute Gasteiger partial charge is 0.416 e. The SMILES string of the molecule is CC1CCC(C2CCC(C(=O)Oc3ccc(OC(F)F)cc3)CC2)CC1.CC1CCC(c2ccc(C(=O)Oc3ccc(C(F)(F)F)cc3)cc2)CC1. The average Bonchev–Trinajstić information content (AvgIpc) is 3.13. The fourth-order valence-electron chi connectivity index (χ4n) is 7.83. The first kappa shape index (κ1) is 39.3. The molecular weight excluding hydrogens is 679 g/mol. The second-order valence-electron chi connectivity index (χ2n) is 14.9. The van der Waals surface area contributed by atoms with Gasteiger partial charge in [0, 0.05) is 0 Å². The quantitative estimate of drug-likeness (QED) is 0.131. The molecule has 0 spiro atoms. The van der Waals surface area contributed by atoms with E-state index in [4.69, 9.17) is 9.47 Å². The third-order valence-electron chi connectivity index (χ3n) is 11.1. The van der Waals surface area contributed by atoms with E-state index >= 15 is 0 Å². The summed E-state index contributed by atoms with van der Waals surface area (Å²) >= 11 is 0. The molecule has 0 aliphatic heterocycles. The number of carbonyl (C=O) groups is 2. The van der Waals surface area contributed by atoms with Crippen molar-refractivity contribution in [2.45, 2.75) is 110 Å². The van der Waals surface area contributed by atoms with Crippen LogP contribution < -0.4 is 14.2 Å². The van der Waals surface area contributed by atoms with Crippen molar-refractivity contribution in [1.82, 2.24) is 0 Å². The molecule has 3 aliphatic rings. The summed E-state index contributed by atoms with van der Waals surface area (Å²) in [6.45, 7) is 1.76. The maximum Gasteiger partial charge on any atom is 0.416 e. The summed E-state index contributed by atoms with van der Waals surface area (Å²) < 4.78 is 76.8. The van der Waals surface area contributed by atoms with E-state index < -0.39 is 24.3 Å². The molecule has 0 N–H and O–H groups in total. The molecule has 3 aromatic carbocycles. The maximum absolute atomic E-state index is 12.6. The third kappa shape index (κ3) is 11.5. The normalized spacial score (nSPS) is 25.0. The minimum atomic E-state index is -4.41. The molecule has 3 fully saturated rings. The Hall–Kier alpha value is -3.95. The minimum Gasteiger partial charge on any atom is -0.435 e. The van der Waals surface area contributed by atoms with Gasteiger partial charge in [-0.15, -0.1) is 0 Å². The highest BCUT2D eigenvalue weighted by Gasteiger charge is 2.33. The Balaban J connectivity index is 0.000000201. The van der Waals surface area contributed by atoms with Crippen molar-refractivity contribution < 1.29 is 45.8 Å². The molecule has 0 heterocycles. The van der Waals surface area contributed by atoms with E-state index in [1.165, 1.54) is 68.4 Å². The number of alkyl halides is 5. The summed E-state index contributed by atoms with van der Waals surface area (Å²) in [5.41, 5.74) is 0.837. The van der Waals surface area contributed by atoms with Gasteiger partial charge < -0.3 is 14.2 Å². The van der Waals surface area contributed by atoms with Gasteiger partial charge in [0.05, 0.1) is 17.0 Å². The van der Waals surface area contributed by atoms with Crippen molar-refractivity contribution in [3.05, 3.63) is 89.5 Å². The van der Waals surface area contributed by atoms with Gasteiger partial charge in [-0.25, -0.2) is 4.79 Å². The number of halogens is 5. The molecule has 0 atom stereocenters. The van der Waals surface area contributed by atoms with Gasteiger partial charge in [-0.2, -0.15) is 22.0 Å². The van der Waals surface area contributed by atoms with Gasteiger partial charge >= 0.3 is 24.7 Å². The van der Waals surface area contributed by atoms with Crippen LogP contribution in [0.2, 0.25) is 0 Å². The van der Waals surface area contributed by atoms with Crippen molar-refractivity contribution in [3.63, 3.8) is 0 Å². The first-order valence-electron chi connectivity index (χ1n) is 18.6. The zero-order valence-corrected chi connectivity index (χ0v) is 29.9. The molecule has 0 radical (unpaired) electrons. The molecular formula is C42H49F5O5. The predicted octanol–water partition coefficient (Wildman–Crippen LogP) is 12.0. The second kappa shape index (κ2) is 18.2. The van der Waals surface area contributed by atoms with E-state index in [0.29, 0.717) is 17.2 Å². The lowest BCUT2D eigenvalue weighted by Gasteiger charge is -2.36. The topological polar surface area (TPSA) is 61.8 Å². The van der Waals surface area contributed by atoms with Crippen LogP contribution in [0, 0.1) is 29.6 Å². The average molecular weight is 729 g/mol. The molecule has 5 nitrogen and oxygen atoms in total. The van der Waals surface area contributed by atoms with Crippen molar-refractivity contribution in [2.75, 3.05) is 0 Å². The molecule has 0 amide bonds. The van der Waals surface area contributed by atoms with E-state index in [2.05, 4.69) is 18.6 Å². The number of hydrogen-bond donors (Lipinski definition) is 0. The maximum atomic E-state index is 12.6. The molecule has 3 aromatic rings. The van der Waals surface area contributed by atoms with Gasteiger partial charge in [0.1, 0.15) is 17.2 Å². The molecule has 0 unspecified atom stereocenters. The van der Waals surface area contributed by atoms with Crippen LogP contribution in [0.1, 0.15) is 118 Å². The van der Waals surface area contributed by atoms with Crippen molar-refractivity contribution in [1.29, 1.82) is 0 Å². The van der Waals surface area contributed by atoms with E-state index in [0.717, 1.165) is 86.5 Å². The van der Waals surface area contributed by atoms with E-state index in [1.807, 2.05) is 12.1 Å². The monoisotopic (exact) mass is 728 g/mol. The van der Waals surface area contributed by atoms with Crippen molar-refractivity contribution in [2.24, 2.45) is 29.6 Å². The lowest BCUT2D eigenvalue weighted by atomic mass is 9.69. The molecule has 3 aliphatic carbocycles. The zero-order valence-electron chi connectivity index (χ0n) is 29.9. The highest BCUT2D eigenvalue weighted by molar-refractivity contribution is 5.91. The number of esters is 2. The Morgan fingerprint density at radius 3 is 1.58 bits per heavy atom. The predicted molar refractivity (Wildman–Crippen MR) is 188 cm³/mol. The van der Waals surface area contributed by atoms with Crippen LogP contribution in [0.3, 0.4) is 0 Å². The van der Waals surface area contributed by atoms with Gasteiger partial charge in [0.2, 0.25) is 0 Å². The van der Waals surface area contributed by atoms with Crippen LogP contribution in [0.25, 0.3) is 0 Å². The molecule has 52 heavy (non-hydrogen) atoms. The molecule has 10 heteroatoms. The highest BCUT2D eigenvalue weighted by atomic mass is 19.4. The fourth-order valence-corrected chi connectivity index (χ4v) is 7.83. The van der Waals surface area contributed by atoms with Crippen LogP contribution >= 0.6 is 0 Å². The lowest BCUT2D eigenvalue weighted by molar-refractivity contribution is -0.140. The first-order chi connectivity index (χ1) is 24.8. The van der Waals surface area contributed by atoms with Crippen LogP contribution in [0.5, 0.6) is 17.2 Å². The first-order valence-corrected chi connectivity index (χ1v) is 18.6. The van der Waals surface area contributed by atoms with Crippen LogP contribution in [0.4, 0.5) is 22.0 Å². The standard InChI is InChI=1S/C21H21F3O2.C21H28F2O3/c1-14-2-4-15(5-3-14)16-6-8-17(9-7-16)20(25)26-19-12-10-18(11-13-19)21(22,23)24;1-14-2-4-15(5-3-14)16-6-8-17(9-7-16)20(24)25-18-10-12-19(13-11-18)26-21(22)23/h6-15H,2-5H2,1H3;10-17,21H,2-9H2,1H3. The van der Waals surface area contributed by atoms with Crippen LogP contribution in [0.15, 0.2) is 72.8 Å². The van der Waals surface area contributed by atoms with Crippen LogP contribution in [-0.4, -0.2) is 18.6 Å². The highest BCUT2D eigenvalue weighted by Crippen LogP contribution is 2.42. The summed E-state index contributed by atoms with van der Waals surface area (Å²) in [5, 5.41) is 0. The largest absolute Gasteiger partial charge is 0.435 e. The van der Waals surface area contributed by atoms with Crippen molar-refractivity contribution >= 4 is 11.9 Å². The summed E-state index contributed by atoms with van der Waals surface area (Å²) in [6, 6.07) is 17.2. The summed E-state index contributed by atoms with van der Waals surface area (Å²) in [6.07, 6.45) is 9.75. The molecule has 0 saturated heterocycles. The fraction of sp³-hybridized carbons (Fsp3) is 0.524. The third-order valence-corrected chi connectivity index (χ3v) is 11.1. The Morgan fingerprint density at radius 1 is 0.596 bits per heavy atom. The van der Waals surface area contributed by atoms with Crippen LogP contribution in [-0.2, 0) is 11.0 Å². The molecule has 6 rings (SSSR count). The zero-order chi connectivity index (χ0) is 37.3. The van der Waals surface area contributed by atoms with Gasteiger partial charge in [-0.3, -0.25) is 4.79 Å². The number of benzene rings is 3. The number of hydrogen-bond acceptors (Lipinski definition) is 5. The Labute approximate surface area is 303 Å². The number of carbonyl (C=O) groups excluding carboxylic acids is 2. The van der Waals surface area contributed by atoms with Gasteiger partial charge in [0.25, 0.3) is 0 Å². The Kier molecular flexibility index (Phi) is 13.7. The van der Waals surface area contributed by atoms with Gasteiger partial charge in [-0.1, -0.05) is 51.7 Å². The molecule has 0 bridgehead atoms. The minimum absolute atomic E-state index is 0.0502. The summed E-state index contributed by atoms with van der Waals surface area (Å²) in [7, 11) is 0. The lowest BCUT2D eigenvalue weighted by Crippen LogP contribution is -2.29. The second-order valence-corrected chi connectivity index (χ2v) is 14.9. The Morgan fingerprint density at radius 2 is 1.06 bits per heavy atom. The number of ether oxygens (including phenoxy) is 3. The molecule has 0 aromatic heterocycles. The van der Waals surface area contributed by atoms with Crippen molar-refractivity contribution in [3.8, 4) is 17.2 Å². The van der Waals surface area contributed by atoms with Gasteiger partial charge in [0.15, 0.2) is 0 Å². The van der Waals surface area contributed by atoms with E-state index in [9.17, 15) is 31.5 Å².